The third-order valence-electron chi connectivity index (χ3n) is 6.72. The number of hydrogen-bond acceptors (Lipinski definition) is 7. The summed E-state index contributed by atoms with van der Waals surface area (Å²) in [7, 11) is -1.86. The number of carbonyl (C=O) groups is 2. The van der Waals surface area contributed by atoms with Crippen molar-refractivity contribution < 1.29 is 27.5 Å². The van der Waals surface area contributed by atoms with Gasteiger partial charge in [-0.1, -0.05) is 36.9 Å². The number of benzene rings is 2. The van der Waals surface area contributed by atoms with Crippen LogP contribution in [0, 0.1) is 11.3 Å². The topological polar surface area (TPSA) is 138 Å². The first-order chi connectivity index (χ1) is 18.0. The van der Waals surface area contributed by atoms with E-state index < -0.39 is 33.6 Å². The number of sulfonamides is 1. The summed E-state index contributed by atoms with van der Waals surface area (Å²) >= 11 is 0. The predicted molar refractivity (Wildman–Crippen MR) is 139 cm³/mol. The molecular formula is C27H30N4O6S. The molecule has 10 nitrogen and oxygen atoms in total. The molecular weight excluding hydrogens is 508 g/mol. The second-order valence-electron chi connectivity index (χ2n) is 9.55. The van der Waals surface area contributed by atoms with E-state index in [0.29, 0.717) is 11.4 Å². The number of nitrogens with zero attached hydrogens (tertiary/aromatic N) is 2. The third kappa shape index (κ3) is 5.72. The van der Waals surface area contributed by atoms with Gasteiger partial charge in [0.05, 0.1) is 16.7 Å². The highest BCUT2D eigenvalue weighted by Crippen LogP contribution is 2.32. The van der Waals surface area contributed by atoms with Crippen LogP contribution >= 0.6 is 0 Å². The first-order valence-corrected chi connectivity index (χ1v) is 13.6. The number of hydrogen-bond donors (Lipinski definition) is 2. The van der Waals surface area contributed by atoms with Gasteiger partial charge in [-0.05, 0) is 41.3 Å². The Kier molecular flexibility index (Phi) is 7.87. The van der Waals surface area contributed by atoms with Gasteiger partial charge in [0, 0.05) is 46.1 Å². The minimum atomic E-state index is -3.41. The van der Waals surface area contributed by atoms with Crippen LogP contribution in [0.5, 0.6) is 0 Å². The number of fused-ring (bicyclic) bond motifs is 1. The van der Waals surface area contributed by atoms with Gasteiger partial charge < -0.3 is 20.1 Å². The largest absolute Gasteiger partial charge is 0.416 e. The molecule has 0 saturated carbocycles. The SMILES string of the molecule is C=C(C)OC(=O)NC1(C(=O)N[C@H](C#N)Cc2ccc(-c3ccc4c(c3)CN(C)S4(=O)=O)cc2)CCOCC1. The molecule has 2 heterocycles. The van der Waals surface area contributed by atoms with E-state index in [1.54, 1.807) is 19.2 Å². The average Bonchev–Trinajstić information content (AvgIpc) is 3.11. The summed E-state index contributed by atoms with van der Waals surface area (Å²) in [4.78, 5) is 25.8. The zero-order valence-electron chi connectivity index (χ0n) is 21.3. The third-order valence-corrected chi connectivity index (χ3v) is 8.62. The van der Waals surface area contributed by atoms with Crippen LogP contribution in [0.1, 0.15) is 30.9 Å². The first-order valence-electron chi connectivity index (χ1n) is 12.2. The van der Waals surface area contributed by atoms with Crippen LogP contribution in [0.4, 0.5) is 4.79 Å². The van der Waals surface area contributed by atoms with Crippen molar-refractivity contribution >= 4 is 22.0 Å². The van der Waals surface area contributed by atoms with Crippen molar-refractivity contribution in [2.24, 2.45) is 0 Å². The highest BCUT2D eigenvalue weighted by Gasteiger charge is 2.43. The van der Waals surface area contributed by atoms with Crippen molar-refractivity contribution in [2.45, 2.75) is 49.2 Å². The van der Waals surface area contributed by atoms with Crippen LogP contribution in [0.3, 0.4) is 0 Å². The van der Waals surface area contributed by atoms with Gasteiger partial charge in [-0.2, -0.15) is 9.57 Å². The number of carbonyl (C=O) groups excluding carboxylic acids is 2. The van der Waals surface area contributed by atoms with Crippen LogP contribution in [0.15, 0.2) is 59.7 Å². The summed E-state index contributed by atoms with van der Waals surface area (Å²) in [6.45, 7) is 5.96. The average molecular weight is 539 g/mol. The summed E-state index contributed by atoms with van der Waals surface area (Å²) in [5.41, 5.74) is 2.13. The second kappa shape index (κ2) is 10.9. The molecule has 2 aliphatic rings. The number of nitriles is 1. The molecule has 2 aliphatic heterocycles. The van der Waals surface area contributed by atoms with Crippen LogP contribution in [0.25, 0.3) is 11.1 Å². The lowest BCUT2D eigenvalue weighted by atomic mass is 9.88. The summed E-state index contributed by atoms with van der Waals surface area (Å²) < 4.78 is 36.3. The van der Waals surface area contributed by atoms with E-state index in [4.69, 9.17) is 9.47 Å². The highest BCUT2D eigenvalue weighted by molar-refractivity contribution is 7.89. The molecule has 1 fully saturated rings. The molecule has 2 amide bonds. The Bertz CT molecular complexity index is 1390. The fourth-order valence-electron chi connectivity index (χ4n) is 4.63. The molecule has 0 aromatic heterocycles. The van der Waals surface area contributed by atoms with Gasteiger partial charge in [-0.3, -0.25) is 4.79 Å². The van der Waals surface area contributed by atoms with Gasteiger partial charge in [0.2, 0.25) is 15.9 Å². The predicted octanol–water partition coefficient (Wildman–Crippen LogP) is 2.85. The lowest BCUT2D eigenvalue weighted by Crippen LogP contribution is -2.62. The summed E-state index contributed by atoms with van der Waals surface area (Å²) in [6, 6.07) is 14.1. The van der Waals surface area contributed by atoms with E-state index in [2.05, 4.69) is 23.3 Å². The molecule has 0 radical (unpaired) electrons. The molecule has 200 valence electrons. The zero-order chi connectivity index (χ0) is 27.5. The Hall–Kier alpha value is -3.72. The molecule has 2 aromatic rings. The normalized spacial score (nSPS) is 18.4. The standard InChI is InChI=1S/C27H30N4O6S/c1-18(2)37-26(33)30-27(10-12-36-13-11-27)25(32)29-23(16-28)14-19-4-6-20(7-5-19)21-8-9-24-22(15-21)17-31(3)38(24,34)35/h4-9,15,23H,1,10-14,17H2,2-3H3,(H,29,32)(H,30,33)/t23-/m0/s1. The molecule has 0 spiro atoms. The molecule has 11 heteroatoms. The molecule has 1 saturated heterocycles. The Morgan fingerprint density at radius 2 is 1.84 bits per heavy atom. The maximum atomic E-state index is 13.2. The first kappa shape index (κ1) is 27.3. The van der Waals surface area contributed by atoms with E-state index in [1.807, 2.05) is 30.3 Å². The van der Waals surface area contributed by atoms with Gasteiger partial charge in [-0.15, -0.1) is 0 Å². The van der Waals surface area contributed by atoms with Crippen molar-refractivity contribution in [3.8, 4) is 17.2 Å². The van der Waals surface area contributed by atoms with Crippen molar-refractivity contribution in [1.82, 2.24) is 14.9 Å². The fourth-order valence-corrected chi connectivity index (χ4v) is 5.97. The van der Waals surface area contributed by atoms with Crippen LogP contribution < -0.4 is 10.6 Å². The maximum Gasteiger partial charge on any atom is 0.413 e. The van der Waals surface area contributed by atoms with Crippen LogP contribution in [-0.4, -0.2) is 56.6 Å². The van der Waals surface area contributed by atoms with Gasteiger partial charge in [0.25, 0.3) is 0 Å². The monoisotopic (exact) mass is 538 g/mol. The molecule has 4 rings (SSSR count). The number of nitrogens with one attached hydrogen (secondary N) is 2. The fraction of sp³-hybridized carbons (Fsp3) is 0.370. The smallest absolute Gasteiger partial charge is 0.413 e. The summed E-state index contributed by atoms with van der Waals surface area (Å²) in [5, 5.41) is 15.1. The minimum Gasteiger partial charge on any atom is -0.416 e. The zero-order valence-corrected chi connectivity index (χ0v) is 22.1. The Morgan fingerprint density at radius 1 is 1.18 bits per heavy atom. The molecule has 0 bridgehead atoms. The van der Waals surface area contributed by atoms with Crippen molar-refractivity contribution in [3.05, 3.63) is 65.9 Å². The molecule has 2 aromatic carbocycles. The van der Waals surface area contributed by atoms with Gasteiger partial charge in [0.1, 0.15) is 11.6 Å². The lowest BCUT2D eigenvalue weighted by Gasteiger charge is -2.36. The van der Waals surface area contributed by atoms with Crippen LogP contribution in [-0.2, 0) is 37.3 Å². The molecule has 38 heavy (non-hydrogen) atoms. The van der Waals surface area contributed by atoms with E-state index in [0.717, 1.165) is 22.3 Å². The molecule has 1 atom stereocenters. The summed E-state index contributed by atoms with van der Waals surface area (Å²) in [6.07, 6.45) is -0.0307. The molecule has 0 unspecified atom stereocenters. The van der Waals surface area contributed by atoms with E-state index in [1.165, 1.54) is 11.2 Å². The van der Waals surface area contributed by atoms with Crippen LogP contribution in [0.2, 0.25) is 0 Å². The van der Waals surface area contributed by atoms with E-state index in [9.17, 15) is 23.3 Å². The number of ether oxygens (including phenoxy) is 2. The maximum absolute atomic E-state index is 13.2. The number of allylic oxidation sites excluding steroid dienone is 1. The van der Waals surface area contributed by atoms with E-state index in [-0.39, 0.29) is 38.2 Å². The Labute approximate surface area is 222 Å². The minimum absolute atomic E-state index is 0.195. The van der Waals surface area contributed by atoms with Gasteiger partial charge in [0.15, 0.2) is 0 Å². The lowest BCUT2D eigenvalue weighted by molar-refractivity contribution is -0.131. The molecule has 2 N–H and O–H groups in total. The second-order valence-corrected chi connectivity index (χ2v) is 11.6. The van der Waals surface area contributed by atoms with Gasteiger partial charge >= 0.3 is 6.09 Å². The Morgan fingerprint density at radius 3 is 2.47 bits per heavy atom. The summed E-state index contributed by atoms with van der Waals surface area (Å²) in [5.74, 6) is -0.276. The van der Waals surface area contributed by atoms with Crippen molar-refractivity contribution in [1.29, 1.82) is 5.26 Å². The number of amides is 2. The highest BCUT2D eigenvalue weighted by atomic mass is 32.2. The van der Waals surface area contributed by atoms with Gasteiger partial charge in [-0.25, -0.2) is 13.2 Å². The van der Waals surface area contributed by atoms with Crippen molar-refractivity contribution in [2.75, 3.05) is 20.3 Å². The Balaban J connectivity index is 1.44. The number of alkyl carbamates (subject to hydrolysis) is 1. The quantitative estimate of drug-likeness (QED) is 0.517. The van der Waals surface area contributed by atoms with Crippen molar-refractivity contribution in [3.63, 3.8) is 0 Å². The molecule has 0 aliphatic carbocycles. The van der Waals surface area contributed by atoms with E-state index >= 15 is 0 Å². The number of rotatable bonds is 7.